The summed E-state index contributed by atoms with van der Waals surface area (Å²) in [6.45, 7) is -0.255. The van der Waals surface area contributed by atoms with E-state index in [1.807, 2.05) is 0 Å². The number of fused-ring (bicyclic) bond motifs is 1. The van der Waals surface area contributed by atoms with Gasteiger partial charge < -0.3 is 19.9 Å². The van der Waals surface area contributed by atoms with Gasteiger partial charge >= 0.3 is 6.18 Å². The number of alkyl halides is 3. The summed E-state index contributed by atoms with van der Waals surface area (Å²) in [5, 5.41) is 7.08. The first-order valence-electron chi connectivity index (χ1n) is 11.3. The van der Waals surface area contributed by atoms with E-state index in [0.29, 0.717) is 23.4 Å². The third-order valence-electron chi connectivity index (χ3n) is 6.19. The van der Waals surface area contributed by atoms with E-state index in [4.69, 9.17) is 10.5 Å². The number of carbonyl (C=O) groups is 1. The Morgan fingerprint density at radius 3 is 2.37 bits per heavy atom. The van der Waals surface area contributed by atoms with Crippen LogP contribution in [0.15, 0.2) is 36.4 Å². The van der Waals surface area contributed by atoms with Gasteiger partial charge in [-0.05, 0) is 35.7 Å². The molecule has 0 bridgehead atoms. The lowest BCUT2D eigenvalue weighted by atomic mass is 9.99. The highest BCUT2D eigenvalue weighted by Crippen LogP contribution is 2.35. The highest BCUT2D eigenvalue weighted by atomic mass is 35.5. The zero-order valence-electron chi connectivity index (χ0n) is 20.0. The van der Waals surface area contributed by atoms with Gasteiger partial charge in [-0.25, -0.2) is 13.2 Å². The Bertz CT molecular complexity index is 1280. The van der Waals surface area contributed by atoms with Gasteiger partial charge in [0.2, 0.25) is 11.7 Å². The molecule has 2 atom stereocenters. The summed E-state index contributed by atoms with van der Waals surface area (Å²) in [5.74, 6) is -4.68. The molecule has 3 aromatic rings. The summed E-state index contributed by atoms with van der Waals surface area (Å²) < 4.78 is 87.2. The van der Waals surface area contributed by atoms with Gasteiger partial charge in [0.15, 0.2) is 17.5 Å². The van der Waals surface area contributed by atoms with Crippen molar-refractivity contribution in [2.75, 3.05) is 13.7 Å². The lowest BCUT2D eigenvalue weighted by Gasteiger charge is -2.36. The van der Waals surface area contributed by atoms with Crippen molar-refractivity contribution in [3.63, 3.8) is 0 Å². The molecule has 1 aliphatic rings. The monoisotopic (exact) mass is 563 g/mol. The minimum absolute atomic E-state index is 0. The van der Waals surface area contributed by atoms with Crippen molar-refractivity contribution in [2.45, 2.75) is 44.1 Å². The van der Waals surface area contributed by atoms with Crippen LogP contribution in [0.4, 0.5) is 26.3 Å². The quantitative estimate of drug-likeness (QED) is 0.343. The number of hydrogen-bond donors (Lipinski definition) is 1. The molecule has 0 saturated heterocycles. The lowest BCUT2D eigenvalue weighted by molar-refractivity contribution is -0.148. The molecule has 38 heavy (non-hydrogen) atoms. The molecule has 1 aromatic heterocycles. The Morgan fingerprint density at radius 2 is 1.74 bits per heavy atom. The Labute approximate surface area is 220 Å². The van der Waals surface area contributed by atoms with E-state index < -0.39 is 47.4 Å². The summed E-state index contributed by atoms with van der Waals surface area (Å²) >= 11 is 0. The fourth-order valence-corrected chi connectivity index (χ4v) is 4.40. The molecule has 0 fully saturated rings. The van der Waals surface area contributed by atoms with Gasteiger partial charge in [0.25, 0.3) is 0 Å². The van der Waals surface area contributed by atoms with Gasteiger partial charge in [0.1, 0.15) is 11.6 Å². The van der Waals surface area contributed by atoms with Crippen LogP contribution in [-0.4, -0.2) is 45.3 Å². The molecule has 0 spiro atoms. The third-order valence-corrected chi connectivity index (χ3v) is 6.19. The van der Waals surface area contributed by atoms with Crippen LogP contribution in [0.3, 0.4) is 0 Å². The smallest absolute Gasteiger partial charge is 0.451 e. The highest BCUT2D eigenvalue weighted by molar-refractivity contribution is 5.85. The minimum atomic E-state index is -4.72. The predicted octanol–water partition coefficient (Wildman–Crippen LogP) is 4.23. The van der Waals surface area contributed by atoms with Crippen molar-refractivity contribution in [1.82, 2.24) is 19.7 Å². The number of nitrogens with zero attached hydrogens (tertiary/aromatic N) is 4. The van der Waals surface area contributed by atoms with Gasteiger partial charge in [0, 0.05) is 38.0 Å². The maximum Gasteiger partial charge on any atom is 0.451 e. The Balaban J connectivity index is 0.00000400. The largest absolute Gasteiger partial charge is 0.497 e. The number of aromatic nitrogens is 3. The van der Waals surface area contributed by atoms with Crippen LogP contribution in [-0.2, 0) is 30.4 Å². The van der Waals surface area contributed by atoms with E-state index in [1.165, 1.54) is 12.0 Å². The number of methoxy groups -OCH3 is 1. The summed E-state index contributed by atoms with van der Waals surface area (Å²) in [7, 11) is 1.49. The molecule has 14 heteroatoms. The van der Waals surface area contributed by atoms with Crippen LogP contribution >= 0.6 is 12.4 Å². The molecule has 0 radical (unpaired) electrons. The molecule has 0 aliphatic carbocycles. The van der Waals surface area contributed by atoms with Crippen LogP contribution in [0.5, 0.6) is 5.75 Å². The van der Waals surface area contributed by atoms with Crippen molar-refractivity contribution in [3.8, 4) is 5.75 Å². The van der Waals surface area contributed by atoms with Crippen LogP contribution in [0.25, 0.3) is 0 Å². The number of carbonyl (C=O) groups excluding carboxylic acids is 1. The van der Waals surface area contributed by atoms with E-state index in [9.17, 15) is 31.1 Å². The second-order valence-corrected chi connectivity index (χ2v) is 8.71. The van der Waals surface area contributed by atoms with Gasteiger partial charge in [0.05, 0.1) is 13.2 Å². The second-order valence-electron chi connectivity index (χ2n) is 8.71. The first-order chi connectivity index (χ1) is 17.5. The van der Waals surface area contributed by atoms with Crippen molar-refractivity contribution < 1.29 is 35.9 Å². The Morgan fingerprint density at radius 1 is 1.08 bits per heavy atom. The number of hydrogen-bond acceptors (Lipinski definition) is 5. The molecule has 206 valence electrons. The van der Waals surface area contributed by atoms with Crippen molar-refractivity contribution in [3.05, 3.63) is 76.6 Å². The zero-order valence-corrected chi connectivity index (χ0v) is 20.8. The molecular formula is C24H24ClF6N5O2. The standard InChI is InChI=1S/C24H23F6N5O2.ClH/c1-37-16-4-2-13(3-5-16)8-20-22-32-33-23(24(28,29)30)35(22)7-6-34(20)21(36)11-15(31)9-14-10-18(26)19(27)12-17(14)25;/h2-5,10,12,15,20H,6-9,11,31H2,1H3;1H/t15-,20?;/m1./s1. The number of ether oxygens (including phenoxy) is 1. The summed E-state index contributed by atoms with van der Waals surface area (Å²) in [4.78, 5) is 14.6. The SMILES string of the molecule is COc1ccc(CC2c3nnc(C(F)(F)F)n3CCN2C(=O)C[C@H](N)Cc2cc(F)c(F)cc2F)cc1.Cl. The van der Waals surface area contributed by atoms with E-state index in [0.717, 1.165) is 4.57 Å². The molecule has 1 amide bonds. The highest BCUT2D eigenvalue weighted by Gasteiger charge is 2.43. The van der Waals surface area contributed by atoms with Gasteiger partial charge in [-0.2, -0.15) is 13.2 Å². The second kappa shape index (κ2) is 11.6. The summed E-state index contributed by atoms with van der Waals surface area (Å²) in [6.07, 6.45) is -5.14. The van der Waals surface area contributed by atoms with E-state index in [-0.39, 0.29) is 56.1 Å². The van der Waals surface area contributed by atoms with E-state index >= 15 is 0 Å². The summed E-state index contributed by atoms with van der Waals surface area (Å²) in [6, 6.07) is 6.05. The number of rotatable bonds is 7. The number of nitrogens with two attached hydrogens (primary N) is 1. The molecule has 4 rings (SSSR count). The summed E-state index contributed by atoms with van der Waals surface area (Å²) in [5.41, 5.74) is 6.55. The zero-order chi connectivity index (χ0) is 26.9. The maximum absolute atomic E-state index is 14.0. The maximum atomic E-state index is 14.0. The van der Waals surface area contributed by atoms with E-state index in [1.54, 1.807) is 24.3 Å². The van der Waals surface area contributed by atoms with Gasteiger partial charge in [-0.1, -0.05) is 12.1 Å². The van der Waals surface area contributed by atoms with Crippen LogP contribution in [0, 0.1) is 17.5 Å². The minimum Gasteiger partial charge on any atom is -0.497 e. The topological polar surface area (TPSA) is 86.3 Å². The van der Waals surface area contributed by atoms with Crippen LogP contribution < -0.4 is 10.5 Å². The molecule has 2 heterocycles. The fourth-order valence-electron chi connectivity index (χ4n) is 4.40. The average Bonchev–Trinajstić information content (AvgIpc) is 3.28. The predicted molar refractivity (Wildman–Crippen MR) is 126 cm³/mol. The lowest BCUT2D eigenvalue weighted by Crippen LogP contribution is -2.45. The van der Waals surface area contributed by atoms with Crippen LogP contribution in [0.1, 0.15) is 35.2 Å². The van der Waals surface area contributed by atoms with Gasteiger partial charge in [-0.3, -0.25) is 4.79 Å². The first kappa shape index (κ1) is 29.2. The van der Waals surface area contributed by atoms with Crippen molar-refractivity contribution in [1.29, 1.82) is 0 Å². The molecule has 7 nitrogen and oxygen atoms in total. The first-order valence-corrected chi connectivity index (χ1v) is 11.3. The number of amides is 1. The molecule has 2 N–H and O–H groups in total. The number of benzene rings is 2. The van der Waals surface area contributed by atoms with Gasteiger partial charge in [-0.15, -0.1) is 22.6 Å². The number of halogens is 7. The molecule has 1 unspecified atom stereocenters. The molecular weight excluding hydrogens is 540 g/mol. The Hall–Kier alpha value is -3.32. The average molecular weight is 564 g/mol. The van der Waals surface area contributed by atoms with Crippen molar-refractivity contribution >= 4 is 18.3 Å². The van der Waals surface area contributed by atoms with E-state index in [2.05, 4.69) is 10.2 Å². The normalized spacial score (nSPS) is 16.0. The molecule has 1 aliphatic heterocycles. The van der Waals surface area contributed by atoms with Crippen LogP contribution in [0.2, 0.25) is 0 Å². The molecule has 2 aromatic carbocycles. The third kappa shape index (κ3) is 6.21. The van der Waals surface area contributed by atoms with Crippen molar-refractivity contribution in [2.24, 2.45) is 5.73 Å². The Kier molecular flexibility index (Phi) is 8.93. The molecule has 0 saturated carbocycles. The fraction of sp³-hybridized carbons (Fsp3) is 0.375.